The highest BCUT2D eigenvalue weighted by atomic mass is 19.4. The number of methoxy groups -OCH3 is 1. The Morgan fingerprint density at radius 3 is 2.52 bits per heavy atom. The molecule has 0 spiro atoms. The van der Waals surface area contributed by atoms with Gasteiger partial charge in [0.2, 0.25) is 11.5 Å². The van der Waals surface area contributed by atoms with Crippen LogP contribution >= 0.6 is 0 Å². The number of nitrogens with zero attached hydrogens (tertiary/aromatic N) is 4. The molecule has 1 N–H and O–H groups in total. The number of hydrogen-bond donors (Lipinski definition) is 1. The molecule has 0 saturated heterocycles. The summed E-state index contributed by atoms with van der Waals surface area (Å²) in [5.41, 5.74) is 3.05. The molecule has 1 aliphatic heterocycles. The standard InChI is InChI=1S/C23H22F3N5O2/c1-14-19(15-4-9-20(32)30(2)12-15)10-16-11-27-22(28-13-23(24,25)26)29-21(16)31(14)17-5-7-18(33-3)8-6-17/h4-12,14H,13H2,1-3H3,(H,27,28,29). The lowest BCUT2D eigenvalue weighted by Crippen LogP contribution is -2.34. The first-order valence-corrected chi connectivity index (χ1v) is 10.2. The van der Waals surface area contributed by atoms with Crippen molar-refractivity contribution >= 4 is 29.1 Å². The molecule has 0 saturated carbocycles. The Morgan fingerprint density at radius 1 is 1.15 bits per heavy atom. The van der Waals surface area contributed by atoms with E-state index in [2.05, 4.69) is 15.3 Å². The van der Waals surface area contributed by atoms with Gasteiger partial charge in [-0.2, -0.15) is 18.2 Å². The lowest BCUT2D eigenvalue weighted by Gasteiger charge is -2.36. The zero-order valence-electron chi connectivity index (χ0n) is 18.2. The smallest absolute Gasteiger partial charge is 0.405 e. The van der Waals surface area contributed by atoms with Crippen molar-refractivity contribution in [2.45, 2.75) is 19.1 Å². The molecular weight excluding hydrogens is 435 g/mol. The van der Waals surface area contributed by atoms with Crippen LogP contribution in [0.2, 0.25) is 0 Å². The van der Waals surface area contributed by atoms with Gasteiger partial charge in [-0.25, -0.2) is 4.98 Å². The normalized spacial score (nSPS) is 15.6. The van der Waals surface area contributed by atoms with Gasteiger partial charge in [-0.1, -0.05) is 0 Å². The van der Waals surface area contributed by atoms with Crippen LogP contribution in [0.15, 0.2) is 53.6 Å². The number of rotatable bonds is 5. The van der Waals surface area contributed by atoms with Gasteiger partial charge in [0.15, 0.2) is 0 Å². The Labute approximate surface area is 188 Å². The number of halogens is 3. The first kappa shape index (κ1) is 22.4. The lowest BCUT2D eigenvalue weighted by molar-refractivity contribution is -0.115. The maximum atomic E-state index is 12.7. The van der Waals surface area contributed by atoms with Gasteiger partial charge in [-0.3, -0.25) is 4.79 Å². The van der Waals surface area contributed by atoms with Crippen LogP contribution in [0.3, 0.4) is 0 Å². The third-order valence-electron chi connectivity index (χ3n) is 5.39. The molecule has 3 aromatic rings. The average Bonchev–Trinajstić information content (AvgIpc) is 2.79. The van der Waals surface area contributed by atoms with E-state index < -0.39 is 12.7 Å². The van der Waals surface area contributed by atoms with Crippen LogP contribution in [0.25, 0.3) is 11.6 Å². The number of anilines is 3. The number of alkyl halides is 3. The van der Waals surface area contributed by atoms with Gasteiger partial charge in [-0.05, 0) is 54.5 Å². The van der Waals surface area contributed by atoms with E-state index in [1.54, 1.807) is 38.6 Å². The zero-order chi connectivity index (χ0) is 23.8. The molecule has 1 atom stereocenters. The molecule has 0 amide bonds. The third kappa shape index (κ3) is 4.69. The van der Waals surface area contributed by atoms with Crippen molar-refractivity contribution in [2.75, 3.05) is 23.9 Å². The van der Waals surface area contributed by atoms with Gasteiger partial charge in [-0.15, -0.1) is 0 Å². The predicted octanol–water partition coefficient (Wildman–Crippen LogP) is 4.24. The molecule has 2 aromatic heterocycles. The number of aryl methyl sites for hydroxylation is 1. The number of aromatic nitrogens is 3. The molecule has 0 radical (unpaired) electrons. The molecule has 3 heterocycles. The summed E-state index contributed by atoms with van der Waals surface area (Å²) < 4.78 is 44.8. The molecule has 4 rings (SSSR count). The van der Waals surface area contributed by atoms with Gasteiger partial charge in [0.25, 0.3) is 0 Å². The van der Waals surface area contributed by atoms with Crippen LogP contribution < -0.4 is 20.5 Å². The molecule has 1 unspecified atom stereocenters. The Hall–Kier alpha value is -3.82. The second kappa shape index (κ2) is 8.61. The summed E-state index contributed by atoms with van der Waals surface area (Å²) >= 11 is 0. The van der Waals surface area contributed by atoms with Gasteiger partial charge in [0, 0.05) is 36.8 Å². The predicted molar refractivity (Wildman–Crippen MR) is 121 cm³/mol. The zero-order valence-corrected chi connectivity index (χ0v) is 18.2. The number of hydrogen-bond acceptors (Lipinski definition) is 6. The number of benzene rings is 1. The first-order valence-electron chi connectivity index (χ1n) is 10.2. The van der Waals surface area contributed by atoms with Crippen molar-refractivity contribution in [3.8, 4) is 5.75 Å². The van der Waals surface area contributed by atoms with Crippen molar-refractivity contribution in [1.29, 1.82) is 0 Å². The van der Waals surface area contributed by atoms with E-state index >= 15 is 0 Å². The van der Waals surface area contributed by atoms with E-state index in [-0.39, 0.29) is 17.5 Å². The number of pyridine rings is 1. The summed E-state index contributed by atoms with van der Waals surface area (Å²) in [6.07, 6.45) is 0.749. The van der Waals surface area contributed by atoms with E-state index in [4.69, 9.17) is 4.74 Å². The van der Waals surface area contributed by atoms with Crippen LogP contribution in [-0.4, -0.2) is 40.4 Å². The van der Waals surface area contributed by atoms with Crippen molar-refractivity contribution in [1.82, 2.24) is 14.5 Å². The van der Waals surface area contributed by atoms with Crippen LogP contribution in [0.1, 0.15) is 18.1 Å². The van der Waals surface area contributed by atoms with Crippen molar-refractivity contribution < 1.29 is 17.9 Å². The summed E-state index contributed by atoms with van der Waals surface area (Å²) in [5, 5.41) is 2.24. The number of nitrogens with one attached hydrogen (secondary N) is 1. The Bertz CT molecular complexity index is 1250. The third-order valence-corrected chi connectivity index (χ3v) is 5.39. The minimum atomic E-state index is -4.39. The Balaban J connectivity index is 1.82. The maximum Gasteiger partial charge on any atom is 0.405 e. The fraction of sp³-hybridized carbons (Fsp3) is 0.261. The largest absolute Gasteiger partial charge is 0.497 e. The molecule has 1 aliphatic rings. The minimum Gasteiger partial charge on any atom is -0.497 e. The molecule has 7 nitrogen and oxygen atoms in total. The summed E-state index contributed by atoms with van der Waals surface area (Å²) in [6, 6.07) is 10.3. The van der Waals surface area contributed by atoms with Gasteiger partial charge in [0.05, 0.1) is 13.2 Å². The molecule has 0 aliphatic carbocycles. The van der Waals surface area contributed by atoms with E-state index in [0.29, 0.717) is 17.1 Å². The number of fused-ring (bicyclic) bond motifs is 1. The van der Waals surface area contributed by atoms with Crippen molar-refractivity contribution in [2.24, 2.45) is 7.05 Å². The summed E-state index contributed by atoms with van der Waals surface area (Å²) in [5.74, 6) is 1.03. The monoisotopic (exact) mass is 457 g/mol. The maximum absolute atomic E-state index is 12.7. The average molecular weight is 457 g/mol. The van der Waals surface area contributed by atoms with Crippen LogP contribution in [0.5, 0.6) is 5.75 Å². The van der Waals surface area contributed by atoms with Crippen molar-refractivity contribution in [3.63, 3.8) is 0 Å². The highest BCUT2D eigenvalue weighted by Crippen LogP contribution is 2.41. The van der Waals surface area contributed by atoms with E-state index in [1.165, 1.54) is 16.8 Å². The van der Waals surface area contributed by atoms with Crippen molar-refractivity contribution in [3.05, 3.63) is 70.3 Å². The van der Waals surface area contributed by atoms with Crippen LogP contribution in [-0.2, 0) is 7.05 Å². The quantitative estimate of drug-likeness (QED) is 0.618. The van der Waals surface area contributed by atoms with E-state index in [9.17, 15) is 18.0 Å². The summed E-state index contributed by atoms with van der Waals surface area (Å²) in [6.45, 7) is 0.734. The highest BCUT2D eigenvalue weighted by Gasteiger charge is 2.31. The van der Waals surface area contributed by atoms with Crippen LogP contribution in [0, 0.1) is 0 Å². The lowest BCUT2D eigenvalue weighted by atomic mass is 9.93. The second-order valence-electron chi connectivity index (χ2n) is 7.65. The van der Waals surface area contributed by atoms with Crippen LogP contribution in [0.4, 0.5) is 30.6 Å². The summed E-state index contributed by atoms with van der Waals surface area (Å²) in [7, 11) is 3.25. The summed E-state index contributed by atoms with van der Waals surface area (Å²) in [4.78, 5) is 22.3. The minimum absolute atomic E-state index is 0.115. The van der Waals surface area contributed by atoms with Gasteiger partial charge in [0.1, 0.15) is 18.1 Å². The molecule has 10 heteroatoms. The molecule has 0 fully saturated rings. The fourth-order valence-electron chi connectivity index (χ4n) is 3.73. The van der Waals surface area contributed by atoms with Gasteiger partial charge < -0.3 is 19.5 Å². The molecule has 0 bridgehead atoms. The molecule has 172 valence electrons. The fourth-order valence-corrected chi connectivity index (χ4v) is 3.73. The molecular formula is C23H22F3N5O2. The Kier molecular flexibility index (Phi) is 5.84. The highest BCUT2D eigenvalue weighted by molar-refractivity contribution is 5.94. The van der Waals surface area contributed by atoms with Gasteiger partial charge >= 0.3 is 6.18 Å². The first-order chi connectivity index (χ1) is 15.7. The second-order valence-corrected chi connectivity index (χ2v) is 7.65. The van der Waals surface area contributed by atoms with E-state index in [1.807, 2.05) is 30.0 Å². The molecule has 1 aromatic carbocycles. The SMILES string of the molecule is COc1ccc(N2c3nc(NCC(F)(F)F)ncc3C=C(c3ccc(=O)n(C)c3)C2C)cc1. The molecule has 33 heavy (non-hydrogen) atoms. The number of ether oxygens (including phenoxy) is 1. The Morgan fingerprint density at radius 2 is 1.88 bits per heavy atom. The topological polar surface area (TPSA) is 72.3 Å². The van der Waals surface area contributed by atoms with E-state index in [0.717, 1.165) is 16.8 Å².